The zero-order chi connectivity index (χ0) is 15.7. The summed E-state index contributed by atoms with van der Waals surface area (Å²) in [7, 11) is 0. The third-order valence-electron chi connectivity index (χ3n) is 3.97. The second kappa shape index (κ2) is 5.87. The van der Waals surface area contributed by atoms with Crippen LogP contribution in [-0.4, -0.2) is 33.0 Å². The Morgan fingerprint density at radius 3 is 2.55 bits per heavy atom. The average Bonchev–Trinajstić information content (AvgIpc) is 2.45. The van der Waals surface area contributed by atoms with Crippen molar-refractivity contribution < 1.29 is 0 Å². The maximum atomic E-state index is 11.7. The van der Waals surface area contributed by atoms with E-state index in [1.54, 1.807) is 6.07 Å². The molecular formula is C16H21N5O. The van der Waals surface area contributed by atoms with E-state index in [-0.39, 0.29) is 11.5 Å². The van der Waals surface area contributed by atoms with E-state index < -0.39 is 0 Å². The summed E-state index contributed by atoms with van der Waals surface area (Å²) in [6.07, 6.45) is 2.09. The standard InChI is InChI=1S/C16H21N5O/c1-10-7-11(2)18-16(17-10)21-6-4-5-13(9-21)14-8-15(22)20-12(3)19-14/h7-8,13H,4-6,9H2,1-3H3,(H,19,20,22)/t13-/m0/s1. The lowest BCUT2D eigenvalue weighted by atomic mass is 9.94. The highest BCUT2D eigenvalue weighted by molar-refractivity contribution is 5.34. The van der Waals surface area contributed by atoms with Gasteiger partial charge in [-0.25, -0.2) is 15.0 Å². The van der Waals surface area contributed by atoms with E-state index in [0.29, 0.717) is 5.82 Å². The molecule has 6 heteroatoms. The highest BCUT2D eigenvalue weighted by atomic mass is 16.1. The molecule has 1 aliphatic heterocycles. The van der Waals surface area contributed by atoms with Gasteiger partial charge in [-0.15, -0.1) is 0 Å². The van der Waals surface area contributed by atoms with Gasteiger partial charge in [0.25, 0.3) is 5.56 Å². The Labute approximate surface area is 129 Å². The maximum absolute atomic E-state index is 11.7. The Morgan fingerprint density at radius 2 is 1.86 bits per heavy atom. The van der Waals surface area contributed by atoms with Crippen molar-refractivity contribution in [1.82, 2.24) is 19.9 Å². The zero-order valence-corrected chi connectivity index (χ0v) is 13.3. The van der Waals surface area contributed by atoms with Crippen LogP contribution in [0, 0.1) is 20.8 Å². The van der Waals surface area contributed by atoms with Gasteiger partial charge in [0.1, 0.15) is 5.82 Å². The molecule has 1 N–H and O–H groups in total. The second-order valence-corrected chi connectivity index (χ2v) is 5.99. The van der Waals surface area contributed by atoms with Crippen LogP contribution < -0.4 is 10.5 Å². The number of aromatic amines is 1. The molecule has 2 aromatic heterocycles. The van der Waals surface area contributed by atoms with Gasteiger partial charge in [-0.05, 0) is 39.7 Å². The predicted molar refractivity (Wildman–Crippen MR) is 85.3 cm³/mol. The lowest BCUT2D eigenvalue weighted by Gasteiger charge is -2.32. The summed E-state index contributed by atoms with van der Waals surface area (Å²) >= 11 is 0. The van der Waals surface area contributed by atoms with Crippen LogP contribution in [0.4, 0.5) is 5.95 Å². The molecule has 0 bridgehead atoms. The largest absolute Gasteiger partial charge is 0.340 e. The Bertz CT molecular complexity index is 719. The summed E-state index contributed by atoms with van der Waals surface area (Å²) in [5.74, 6) is 1.70. The summed E-state index contributed by atoms with van der Waals surface area (Å²) in [4.78, 5) is 30.2. The lowest BCUT2D eigenvalue weighted by molar-refractivity contribution is 0.492. The fourth-order valence-electron chi connectivity index (χ4n) is 3.06. The summed E-state index contributed by atoms with van der Waals surface area (Å²) in [6, 6.07) is 3.59. The molecule has 3 heterocycles. The first-order valence-electron chi connectivity index (χ1n) is 7.66. The fourth-order valence-corrected chi connectivity index (χ4v) is 3.06. The van der Waals surface area contributed by atoms with Crippen molar-refractivity contribution in [2.24, 2.45) is 0 Å². The summed E-state index contributed by atoms with van der Waals surface area (Å²) in [5.41, 5.74) is 2.75. The number of piperidine rings is 1. The van der Waals surface area contributed by atoms with E-state index in [1.807, 2.05) is 26.8 Å². The molecule has 116 valence electrons. The molecule has 3 rings (SSSR count). The van der Waals surface area contributed by atoms with Crippen LogP contribution >= 0.6 is 0 Å². The second-order valence-electron chi connectivity index (χ2n) is 5.99. The van der Waals surface area contributed by atoms with E-state index in [9.17, 15) is 4.79 Å². The monoisotopic (exact) mass is 299 g/mol. The first kappa shape index (κ1) is 14.7. The molecule has 22 heavy (non-hydrogen) atoms. The molecule has 6 nitrogen and oxygen atoms in total. The first-order chi connectivity index (χ1) is 10.5. The van der Waals surface area contributed by atoms with E-state index >= 15 is 0 Å². The van der Waals surface area contributed by atoms with E-state index in [0.717, 1.165) is 49.0 Å². The molecule has 0 unspecified atom stereocenters. The van der Waals surface area contributed by atoms with Gasteiger partial charge in [0, 0.05) is 36.5 Å². The molecule has 1 atom stereocenters. The Balaban J connectivity index is 1.86. The minimum Gasteiger partial charge on any atom is -0.340 e. The van der Waals surface area contributed by atoms with Crippen LogP contribution in [0.1, 0.15) is 41.7 Å². The molecule has 0 saturated carbocycles. The smallest absolute Gasteiger partial charge is 0.251 e. The minimum absolute atomic E-state index is 0.0812. The van der Waals surface area contributed by atoms with Gasteiger partial charge in [-0.2, -0.15) is 0 Å². The van der Waals surface area contributed by atoms with Gasteiger partial charge >= 0.3 is 0 Å². The normalized spacial score (nSPS) is 18.5. The number of nitrogens with zero attached hydrogens (tertiary/aromatic N) is 4. The summed E-state index contributed by atoms with van der Waals surface area (Å²) < 4.78 is 0. The van der Waals surface area contributed by atoms with Crippen molar-refractivity contribution in [3.63, 3.8) is 0 Å². The molecule has 1 saturated heterocycles. The topological polar surface area (TPSA) is 74.8 Å². The highest BCUT2D eigenvalue weighted by Crippen LogP contribution is 2.27. The van der Waals surface area contributed by atoms with E-state index in [2.05, 4.69) is 24.8 Å². The number of anilines is 1. The van der Waals surface area contributed by atoms with Crippen LogP contribution in [0.5, 0.6) is 0 Å². The Morgan fingerprint density at radius 1 is 1.14 bits per heavy atom. The Hall–Kier alpha value is -2.24. The zero-order valence-electron chi connectivity index (χ0n) is 13.3. The van der Waals surface area contributed by atoms with Crippen LogP contribution in [0.25, 0.3) is 0 Å². The fraction of sp³-hybridized carbons (Fsp3) is 0.500. The number of H-pyrrole nitrogens is 1. The number of rotatable bonds is 2. The molecular weight excluding hydrogens is 278 g/mol. The van der Waals surface area contributed by atoms with Crippen LogP contribution in [0.3, 0.4) is 0 Å². The van der Waals surface area contributed by atoms with Crippen molar-refractivity contribution in [2.45, 2.75) is 39.5 Å². The highest BCUT2D eigenvalue weighted by Gasteiger charge is 2.24. The van der Waals surface area contributed by atoms with Gasteiger partial charge in [-0.3, -0.25) is 4.79 Å². The molecule has 0 aromatic carbocycles. The number of nitrogens with one attached hydrogen (secondary N) is 1. The number of hydrogen-bond acceptors (Lipinski definition) is 5. The number of aromatic nitrogens is 4. The van der Waals surface area contributed by atoms with Crippen molar-refractivity contribution >= 4 is 5.95 Å². The van der Waals surface area contributed by atoms with E-state index in [4.69, 9.17) is 0 Å². The molecule has 0 radical (unpaired) electrons. The van der Waals surface area contributed by atoms with Crippen molar-refractivity contribution in [3.05, 3.63) is 45.4 Å². The van der Waals surface area contributed by atoms with Gasteiger partial charge in [-0.1, -0.05) is 0 Å². The summed E-state index contributed by atoms with van der Waals surface area (Å²) in [5, 5.41) is 0. The van der Waals surface area contributed by atoms with Crippen molar-refractivity contribution in [2.75, 3.05) is 18.0 Å². The molecule has 0 amide bonds. The van der Waals surface area contributed by atoms with Gasteiger partial charge < -0.3 is 9.88 Å². The third kappa shape index (κ3) is 3.16. The first-order valence-corrected chi connectivity index (χ1v) is 7.66. The van der Waals surface area contributed by atoms with Gasteiger partial charge in [0.15, 0.2) is 0 Å². The van der Waals surface area contributed by atoms with E-state index in [1.165, 1.54) is 0 Å². The van der Waals surface area contributed by atoms with Crippen LogP contribution in [-0.2, 0) is 0 Å². The molecule has 2 aromatic rings. The third-order valence-corrected chi connectivity index (χ3v) is 3.97. The van der Waals surface area contributed by atoms with Gasteiger partial charge in [0.2, 0.25) is 5.95 Å². The van der Waals surface area contributed by atoms with Crippen LogP contribution in [0.2, 0.25) is 0 Å². The van der Waals surface area contributed by atoms with Crippen LogP contribution in [0.15, 0.2) is 16.9 Å². The van der Waals surface area contributed by atoms with Crippen molar-refractivity contribution in [3.8, 4) is 0 Å². The average molecular weight is 299 g/mol. The predicted octanol–water partition coefficient (Wildman–Crippen LogP) is 1.87. The Kier molecular flexibility index (Phi) is 3.92. The molecule has 1 aliphatic rings. The lowest BCUT2D eigenvalue weighted by Crippen LogP contribution is -2.36. The number of hydrogen-bond donors (Lipinski definition) is 1. The van der Waals surface area contributed by atoms with Crippen molar-refractivity contribution in [1.29, 1.82) is 0 Å². The minimum atomic E-state index is -0.0812. The van der Waals surface area contributed by atoms with Gasteiger partial charge in [0.05, 0.1) is 5.69 Å². The quantitative estimate of drug-likeness (QED) is 0.916. The molecule has 0 spiro atoms. The summed E-state index contributed by atoms with van der Waals surface area (Å²) in [6.45, 7) is 7.54. The maximum Gasteiger partial charge on any atom is 0.251 e. The molecule has 0 aliphatic carbocycles. The number of aryl methyl sites for hydroxylation is 3. The SMILES string of the molecule is Cc1cc(C)nc(N2CCC[C@H](c3cc(=O)[nH]c(C)n3)C2)n1. The molecule has 1 fully saturated rings.